The van der Waals surface area contributed by atoms with Crippen LogP contribution in [-0.4, -0.2) is 67.3 Å². The molecule has 1 aliphatic heterocycles. The van der Waals surface area contributed by atoms with Crippen LogP contribution in [-0.2, 0) is 9.53 Å². The maximum Gasteiger partial charge on any atom is 0.256 e. The minimum atomic E-state index is -0.527. The predicted molar refractivity (Wildman–Crippen MR) is 76.3 cm³/mol. The Labute approximate surface area is 119 Å². The first-order valence-electron chi connectivity index (χ1n) is 6.96. The van der Waals surface area contributed by atoms with Gasteiger partial charge in [0, 0.05) is 39.8 Å². The number of piperazine rings is 1. The van der Waals surface area contributed by atoms with Crippen molar-refractivity contribution < 1.29 is 14.6 Å². The smallest absolute Gasteiger partial charge is 0.256 e. The third-order valence-corrected chi connectivity index (χ3v) is 3.66. The average molecular weight is 278 g/mol. The number of aliphatic hydroxyl groups excluding tert-OH is 1. The number of rotatable bonds is 5. The van der Waals surface area contributed by atoms with Gasteiger partial charge in [0.05, 0.1) is 6.61 Å². The fourth-order valence-corrected chi connectivity index (χ4v) is 2.51. The molecule has 5 nitrogen and oxygen atoms in total. The van der Waals surface area contributed by atoms with Crippen LogP contribution in [0.3, 0.4) is 0 Å². The summed E-state index contributed by atoms with van der Waals surface area (Å²) in [5.74, 6) is 0.0161. The molecule has 1 N–H and O–H groups in total. The van der Waals surface area contributed by atoms with Gasteiger partial charge in [-0.05, 0) is 5.56 Å². The van der Waals surface area contributed by atoms with Crippen LogP contribution in [0.25, 0.3) is 0 Å². The number of carbonyl (C=O) groups excluding carboxylic acids is 1. The van der Waals surface area contributed by atoms with E-state index in [1.807, 2.05) is 35.2 Å². The average Bonchev–Trinajstić information content (AvgIpc) is 2.50. The molecule has 110 valence electrons. The number of amides is 1. The minimum absolute atomic E-state index is 0.0161. The van der Waals surface area contributed by atoms with Gasteiger partial charge in [0.15, 0.2) is 6.10 Å². The van der Waals surface area contributed by atoms with E-state index in [1.54, 1.807) is 7.11 Å². The second-order valence-electron chi connectivity index (χ2n) is 4.92. The van der Waals surface area contributed by atoms with Crippen LogP contribution in [0.4, 0.5) is 0 Å². The molecule has 0 aliphatic carbocycles. The predicted octanol–water partition coefficient (Wildman–Crippen LogP) is 0.511. The lowest BCUT2D eigenvalue weighted by Gasteiger charge is -2.35. The van der Waals surface area contributed by atoms with Gasteiger partial charge < -0.3 is 14.7 Å². The molecule has 1 amide bonds. The first kappa shape index (κ1) is 15.0. The monoisotopic (exact) mass is 278 g/mol. The molecule has 0 radical (unpaired) electrons. The zero-order valence-corrected chi connectivity index (χ0v) is 11.9. The second kappa shape index (κ2) is 7.38. The third-order valence-electron chi connectivity index (χ3n) is 3.66. The molecular weight excluding hydrogens is 256 g/mol. The maximum absolute atomic E-state index is 12.5. The molecule has 1 atom stereocenters. The van der Waals surface area contributed by atoms with Crippen molar-refractivity contribution in [3.05, 3.63) is 35.9 Å². The molecule has 20 heavy (non-hydrogen) atoms. The maximum atomic E-state index is 12.5. The second-order valence-corrected chi connectivity index (χ2v) is 4.92. The summed E-state index contributed by atoms with van der Waals surface area (Å²) in [6.07, 6.45) is -0.527. The summed E-state index contributed by atoms with van der Waals surface area (Å²) in [6.45, 7) is 3.82. The zero-order valence-electron chi connectivity index (χ0n) is 11.9. The Morgan fingerprint density at radius 1 is 1.25 bits per heavy atom. The van der Waals surface area contributed by atoms with E-state index >= 15 is 0 Å². The van der Waals surface area contributed by atoms with E-state index in [4.69, 9.17) is 9.84 Å². The van der Waals surface area contributed by atoms with E-state index in [9.17, 15) is 4.79 Å². The van der Waals surface area contributed by atoms with Gasteiger partial charge in [0.1, 0.15) is 0 Å². The zero-order chi connectivity index (χ0) is 14.4. The molecule has 1 saturated heterocycles. The largest absolute Gasteiger partial charge is 0.395 e. The van der Waals surface area contributed by atoms with Gasteiger partial charge in [-0.1, -0.05) is 30.3 Å². The summed E-state index contributed by atoms with van der Waals surface area (Å²) in [6, 6.07) is 9.57. The molecule has 1 aliphatic rings. The Balaban J connectivity index is 1.97. The molecule has 0 saturated carbocycles. The van der Waals surface area contributed by atoms with Crippen molar-refractivity contribution in [1.82, 2.24) is 9.80 Å². The number of hydrogen-bond acceptors (Lipinski definition) is 4. The van der Waals surface area contributed by atoms with E-state index in [2.05, 4.69) is 4.90 Å². The Hall–Kier alpha value is -1.43. The van der Waals surface area contributed by atoms with Crippen LogP contribution in [0.5, 0.6) is 0 Å². The summed E-state index contributed by atoms with van der Waals surface area (Å²) in [7, 11) is 1.57. The molecule has 1 heterocycles. The molecule has 0 aromatic heterocycles. The van der Waals surface area contributed by atoms with Crippen molar-refractivity contribution in [2.24, 2.45) is 0 Å². The topological polar surface area (TPSA) is 53.0 Å². The fourth-order valence-electron chi connectivity index (χ4n) is 2.51. The fraction of sp³-hybridized carbons (Fsp3) is 0.533. The molecule has 5 heteroatoms. The Bertz CT molecular complexity index is 416. The summed E-state index contributed by atoms with van der Waals surface area (Å²) in [5, 5.41) is 8.93. The molecule has 0 bridgehead atoms. The highest BCUT2D eigenvalue weighted by molar-refractivity contribution is 5.82. The quantitative estimate of drug-likeness (QED) is 0.853. The van der Waals surface area contributed by atoms with Gasteiger partial charge in [0.25, 0.3) is 5.91 Å². The van der Waals surface area contributed by atoms with Gasteiger partial charge in [-0.25, -0.2) is 0 Å². The van der Waals surface area contributed by atoms with Gasteiger partial charge in [0.2, 0.25) is 0 Å². The van der Waals surface area contributed by atoms with Crippen LogP contribution in [0.1, 0.15) is 11.7 Å². The normalized spacial score (nSPS) is 18.0. The molecule has 1 aromatic rings. The van der Waals surface area contributed by atoms with Gasteiger partial charge in [-0.15, -0.1) is 0 Å². The molecule has 1 fully saturated rings. The Kier molecular flexibility index (Phi) is 5.52. The first-order valence-corrected chi connectivity index (χ1v) is 6.96. The van der Waals surface area contributed by atoms with Gasteiger partial charge >= 0.3 is 0 Å². The van der Waals surface area contributed by atoms with Crippen molar-refractivity contribution in [2.45, 2.75) is 6.10 Å². The summed E-state index contributed by atoms with van der Waals surface area (Å²) in [4.78, 5) is 16.5. The van der Waals surface area contributed by atoms with E-state index in [1.165, 1.54) is 0 Å². The number of hydrogen-bond donors (Lipinski definition) is 1. The van der Waals surface area contributed by atoms with Crippen molar-refractivity contribution in [3.63, 3.8) is 0 Å². The van der Waals surface area contributed by atoms with E-state index in [0.29, 0.717) is 19.6 Å². The Morgan fingerprint density at radius 3 is 2.45 bits per heavy atom. The van der Waals surface area contributed by atoms with Crippen molar-refractivity contribution >= 4 is 5.91 Å². The minimum Gasteiger partial charge on any atom is -0.395 e. The SMILES string of the molecule is COC(C(=O)N1CCN(CCO)CC1)c1ccccc1. The molecular formula is C15H22N2O3. The number of nitrogens with zero attached hydrogens (tertiary/aromatic N) is 2. The number of carbonyl (C=O) groups is 1. The number of ether oxygens (including phenoxy) is 1. The highest BCUT2D eigenvalue weighted by Gasteiger charge is 2.28. The van der Waals surface area contributed by atoms with Crippen LogP contribution in [0, 0.1) is 0 Å². The van der Waals surface area contributed by atoms with E-state index < -0.39 is 6.10 Å². The number of β-amino-alcohol motifs (C(OH)–C–C–N with tert-alkyl or cyclic N) is 1. The Morgan fingerprint density at radius 2 is 1.90 bits per heavy atom. The molecule has 0 spiro atoms. The molecule has 2 rings (SSSR count). The van der Waals surface area contributed by atoms with Gasteiger partial charge in [-0.3, -0.25) is 9.69 Å². The van der Waals surface area contributed by atoms with Gasteiger partial charge in [-0.2, -0.15) is 0 Å². The van der Waals surface area contributed by atoms with E-state index in [0.717, 1.165) is 18.7 Å². The first-order chi connectivity index (χ1) is 9.76. The lowest BCUT2D eigenvalue weighted by Crippen LogP contribution is -2.50. The van der Waals surface area contributed by atoms with Crippen molar-refractivity contribution in [2.75, 3.05) is 46.4 Å². The van der Waals surface area contributed by atoms with Crippen LogP contribution >= 0.6 is 0 Å². The number of aliphatic hydroxyl groups is 1. The summed E-state index contributed by atoms with van der Waals surface area (Å²) < 4.78 is 5.38. The summed E-state index contributed by atoms with van der Waals surface area (Å²) in [5.41, 5.74) is 0.887. The lowest BCUT2D eigenvalue weighted by atomic mass is 10.1. The lowest BCUT2D eigenvalue weighted by molar-refractivity contribution is -0.144. The standard InChI is InChI=1S/C15H22N2O3/c1-20-14(13-5-3-2-4-6-13)15(19)17-9-7-16(8-10-17)11-12-18/h2-6,14,18H,7-12H2,1H3. The molecule has 1 unspecified atom stereocenters. The van der Waals surface area contributed by atoms with Crippen LogP contribution in [0.2, 0.25) is 0 Å². The summed E-state index contributed by atoms with van der Waals surface area (Å²) >= 11 is 0. The highest BCUT2D eigenvalue weighted by atomic mass is 16.5. The van der Waals surface area contributed by atoms with Crippen molar-refractivity contribution in [1.29, 1.82) is 0 Å². The molecule has 1 aromatic carbocycles. The van der Waals surface area contributed by atoms with Crippen LogP contribution < -0.4 is 0 Å². The highest BCUT2D eigenvalue weighted by Crippen LogP contribution is 2.20. The van der Waals surface area contributed by atoms with Crippen LogP contribution in [0.15, 0.2) is 30.3 Å². The number of benzene rings is 1. The third kappa shape index (κ3) is 3.56. The van der Waals surface area contributed by atoms with E-state index in [-0.39, 0.29) is 12.5 Å². The van der Waals surface area contributed by atoms with Crippen molar-refractivity contribution in [3.8, 4) is 0 Å². The number of methoxy groups -OCH3 is 1.